The normalized spacial score (nSPS) is 15.1. The Labute approximate surface area is 237 Å². The highest BCUT2D eigenvalue weighted by atomic mass is 32.2. The summed E-state index contributed by atoms with van der Waals surface area (Å²) in [6.45, 7) is 4.57. The van der Waals surface area contributed by atoms with Crippen LogP contribution < -0.4 is 16.0 Å². The quantitative estimate of drug-likeness (QED) is 0.268. The van der Waals surface area contributed by atoms with Gasteiger partial charge in [-0.1, -0.05) is 0 Å². The molecule has 0 bridgehead atoms. The molecule has 214 valence electrons. The number of halogens is 1. The summed E-state index contributed by atoms with van der Waals surface area (Å²) in [4.78, 5) is 25.7. The zero-order valence-corrected chi connectivity index (χ0v) is 23.3. The molecule has 1 saturated heterocycles. The van der Waals surface area contributed by atoms with Crippen LogP contribution in [-0.2, 0) is 17.3 Å². The Morgan fingerprint density at radius 1 is 1.17 bits per heavy atom. The number of nitrogens with zero attached hydrogens (tertiary/aromatic N) is 7. The molecule has 0 spiro atoms. The highest BCUT2D eigenvalue weighted by Crippen LogP contribution is 2.26. The fourth-order valence-corrected chi connectivity index (χ4v) is 5.43. The van der Waals surface area contributed by atoms with Crippen LogP contribution in [0.1, 0.15) is 10.4 Å². The van der Waals surface area contributed by atoms with Gasteiger partial charge in [0.25, 0.3) is 5.91 Å². The predicted molar refractivity (Wildman–Crippen MR) is 155 cm³/mol. The lowest BCUT2D eigenvalue weighted by molar-refractivity contribution is 0.0955. The number of hydrogen-bond donors (Lipinski definition) is 2. The SMILES string of the molecule is CS(=O)CCNC(=O)c1ccc(N2CCN(CCn3cnc4c3nc(N)n3nc(-c5ccco5)cc43)CC2)c(F)c1. The van der Waals surface area contributed by atoms with Crippen LogP contribution >= 0.6 is 0 Å². The van der Waals surface area contributed by atoms with Crippen LogP contribution in [0.3, 0.4) is 0 Å². The van der Waals surface area contributed by atoms with Crippen LogP contribution in [0.15, 0.2) is 53.4 Å². The molecular weight excluding hydrogens is 549 g/mol. The Morgan fingerprint density at radius 2 is 2.00 bits per heavy atom. The van der Waals surface area contributed by atoms with Gasteiger partial charge >= 0.3 is 0 Å². The molecule has 5 heterocycles. The molecule has 5 aromatic rings. The predicted octanol–water partition coefficient (Wildman–Crippen LogP) is 1.99. The standard InChI is InChI=1S/C27H30FN9O3S/c1-41(39)14-6-30-26(38)18-4-5-21(19(28)15-18)35-10-7-34(8-11-35)9-12-36-17-31-24-22-16-20(23-3-2-13-40-23)33-37(22)27(29)32-25(24)36/h2-5,13,15-17H,6-12,14H2,1H3,(H2,29,32)(H,30,38). The Bertz CT molecular complexity index is 1730. The summed E-state index contributed by atoms with van der Waals surface area (Å²) in [5, 5.41) is 7.19. The van der Waals surface area contributed by atoms with Crippen molar-refractivity contribution in [2.45, 2.75) is 6.54 Å². The molecule has 12 nitrogen and oxygen atoms in total. The number of piperazine rings is 1. The van der Waals surface area contributed by atoms with Gasteiger partial charge in [-0.2, -0.15) is 14.6 Å². The van der Waals surface area contributed by atoms with Gasteiger partial charge in [-0.05, 0) is 36.4 Å². The number of imidazole rings is 1. The number of furan rings is 1. The molecule has 1 aromatic carbocycles. The molecule has 14 heteroatoms. The zero-order chi connectivity index (χ0) is 28.5. The number of amides is 1. The minimum absolute atomic E-state index is 0.249. The monoisotopic (exact) mass is 579 g/mol. The first kappa shape index (κ1) is 26.9. The van der Waals surface area contributed by atoms with Gasteiger partial charge in [-0.15, -0.1) is 0 Å². The fraction of sp³-hybridized carbons (Fsp3) is 0.333. The number of hydrogen-bond acceptors (Lipinski definition) is 9. The average Bonchev–Trinajstić information content (AvgIpc) is 3.72. The van der Waals surface area contributed by atoms with E-state index in [4.69, 9.17) is 10.2 Å². The highest BCUT2D eigenvalue weighted by molar-refractivity contribution is 7.84. The smallest absolute Gasteiger partial charge is 0.251 e. The Balaban J connectivity index is 1.07. The van der Waals surface area contributed by atoms with Crippen molar-refractivity contribution in [3.63, 3.8) is 0 Å². The van der Waals surface area contributed by atoms with Crippen LogP contribution in [0.4, 0.5) is 16.0 Å². The number of carbonyl (C=O) groups is 1. The number of benzene rings is 1. The zero-order valence-electron chi connectivity index (χ0n) is 22.5. The molecule has 1 aliphatic rings. The third-order valence-corrected chi connectivity index (χ3v) is 8.01. The molecule has 0 aliphatic carbocycles. The summed E-state index contributed by atoms with van der Waals surface area (Å²) in [6.07, 6.45) is 4.94. The summed E-state index contributed by atoms with van der Waals surface area (Å²) < 4.78 is 35.1. The lowest BCUT2D eigenvalue weighted by Gasteiger charge is -2.36. The molecule has 1 amide bonds. The molecule has 6 rings (SSSR count). The van der Waals surface area contributed by atoms with Crippen molar-refractivity contribution in [3.05, 3.63) is 60.4 Å². The van der Waals surface area contributed by atoms with E-state index in [9.17, 15) is 13.4 Å². The Morgan fingerprint density at radius 3 is 2.73 bits per heavy atom. The van der Waals surface area contributed by atoms with E-state index in [1.165, 1.54) is 6.07 Å². The van der Waals surface area contributed by atoms with Gasteiger partial charge < -0.3 is 24.9 Å². The van der Waals surface area contributed by atoms with Crippen LogP contribution in [0.5, 0.6) is 0 Å². The third kappa shape index (κ3) is 5.52. The van der Waals surface area contributed by atoms with Crippen LogP contribution in [0.25, 0.3) is 28.1 Å². The first-order valence-electron chi connectivity index (χ1n) is 13.3. The van der Waals surface area contributed by atoms with E-state index in [0.717, 1.165) is 25.2 Å². The number of nitrogens with two attached hydrogens (primary N) is 1. The van der Waals surface area contributed by atoms with E-state index >= 15 is 0 Å². The lowest BCUT2D eigenvalue weighted by Crippen LogP contribution is -2.47. The maximum atomic E-state index is 14.9. The summed E-state index contributed by atoms with van der Waals surface area (Å²) in [5.74, 6) is 0.466. The van der Waals surface area contributed by atoms with Gasteiger partial charge in [0.1, 0.15) is 22.5 Å². The number of fused-ring (bicyclic) bond motifs is 3. The second kappa shape index (κ2) is 11.3. The van der Waals surface area contributed by atoms with Gasteiger partial charge in [0.15, 0.2) is 11.4 Å². The third-order valence-electron chi connectivity index (χ3n) is 7.23. The van der Waals surface area contributed by atoms with Crippen molar-refractivity contribution in [2.24, 2.45) is 0 Å². The topological polar surface area (TPSA) is 140 Å². The number of nitrogen functional groups attached to an aromatic ring is 1. The van der Waals surface area contributed by atoms with Crippen molar-refractivity contribution in [1.29, 1.82) is 0 Å². The van der Waals surface area contributed by atoms with Crippen molar-refractivity contribution >= 4 is 45.0 Å². The van der Waals surface area contributed by atoms with Gasteiger partial charge in [0.05, 0.1) is 18.3 Å². The van der Waals surface area contributed by atoms with E-state index in [-0.39, 0.29) is 24.0 Å². The number of rotatable bonds is 9. The number of anilines is 2. The highest BCUT2D eigenvalue weighted by Gasteiger charge is 2.21. The second-order valence-corrected chi connectivity index (χ2v) is 11.5. The van der Waals surface area contributed by atoms with Gasteiger partial charge in [-0.25, -0.2) is 9.37 Å². The minimum atomic E-state index is -0.998. The number of carbonyl (C=O) groups excluding carboxylic acids is 1. The van der Waals surface area contributed by atoms with E-state index < -0.39 is 16.6 Å². The molecule has 41 heavy (non-hydrogen) atoms. The largest absolute Gasteiger partial charge is 0.463 e. The first-order valence-corrected chi connectivity index (χ1v) is 15.0. The molecule has 1 fully saturated rings. The van der Waals surface area contributed by atoms with Gasteiger partial charge in [0, 0.05) is 74.2 Å². The van der Waals surface area contributed by atoms with E-state index in [0.29, 0.717) is 53.7 Å². The summed E-state index contributed by atoms with van der Waals surface area (Å²) >= 11 is 0. The van der Waals surface area contributed by atoms with Gasteiger partial charge in [0.2, 0.25) is 5.95 Å². The minimum Gasteiger partial charge on any atom is -0.463 e. The Kier molecular flexibility index (Phi) is 7.41. The summed E-state index contributed by atoms with van der Waals surface area (Å²) in [5.41, 5.74) is 9.78. The molecule has 0 saturated carbocycles. The number of aromatic nitrogens is 5. The van der Waals surface area contributed by atoms with E-state index in [1.54, 1.807) is 41.6 Å². The molecule has 1 aliphatic heterocycles. The number of nitrogens with one attached hydrogen (secondary N) is 1. The van der Waals surface area contributed by atoms with Crippen LogP contribution in [0, 0.1) is 5.82 Å². The van der Waals surface area contributed by atoms with Crippen LogP contribution in [-0.4, -0.2) is 90.4 Å². The molecule has 4 aromatic heterocycles. The molecule has 3 N–H and O–H groups in total. The molecule has 1 atom stereocenters. The summed E-state index contributed by atoms with van der Waals surface area (Å²) in [6, 6.07) is 10.1. The maximum absolute atomic E-state index is 14.9. The first-order chi connectivity index (χ1) is 19.9. The van der Waals surface area contributed by atoms with E-state index in [1.807, 2.05) is 21.6 Å². The van der Waals surface area contributed by atoms with Crippen molar-refractivity contribution in [1.82, 2.24) is 34.4 Å². The van der Waals surface area contributed by atoms with E-state index in [2.05, 4.69) is 25.3 Å². The second-order valence-electron chi connectivity index (χ2n) is 9.91. The van der Waals surface area contributed by atoms with Crippen LogP contribution in [0.2, 0.25) is 0 Å². The van der Waals surface area contributed by atoms with Gasteiger partial charge in [-0.3, -0.25) is 13.9 Å². The summed E-state index contributed by atoms with van der Waals surface area (Å²) in [7, 11) is -0.998. The fourth-order valence-electron chi connectivity index (χ4n) is 5.04. The lowest BCUT2D eigenvalue weighted by atomic mass is 10.1. The maximum Gasteiger partial charge on any atom is 0.251 e. The Hall–Kier alpha value is -4.30. The molecule has 1 unspecified atom stereocenters. The average molecular weight is 580 g/mol. The van der Waals surface area contributed by atoms with Crippen molar-refractivity contribution < 1.29 is 17.8 Å². The molecular formula is C27H30FN9O3S. The molecule has 0 radical (unpaired) electrons. The van der Waals surface area contributed by atoms with Crippen molar-refractivity contribution in [2.75, 3.05) is 61.9 Å². The van der Waals surface area contributed by atoms with Crippen molar-refractivity contribution in [3.8, 4) is 11.5 Å².